The van der Waals surface area contributed by atoms with E-state index < -0.39 is 16.0 Å². The molecule has 1 amide bonds. The molecule has 0 spiro atoms. The van der Waals surface area contributed by atoms with E-state index in [0.717, 1.165) is 25.7 Å². The minimum Gasteiger partial charge on any atom is -0.493 e. The second-order valence-corrected chi connectivity index (χ2v) is 10.5. The van der Waals surface area contributed by atoms with Crippen molar-refractivity contribution in [1.29, 1.82) is 0 Å². The van der Waals surface area contributed by atoms with Crippen molar-refractivity contribution < 1.29 is 27.5 Å². The number of hydrogen-bond acceptors (Lipinski definition) is 8. The van der Waals surface area contributed by atoms with Crippen LogP contribution in [0, 0.1) is 0 Å². The smallest absolute Gasteiger partial charge is 0.308 e. The van der Waals surface area contributed by atoms with Gasteiger partial charge in [-0.1, -0.05) is 31.4 Å². The fourth-order valence-corrected chi connectivity index (χ4v) is 5.60. The van der Waals surface area contributed by atoms with Gasteiger partial charge in [-0.05, 0) is 48.7 Å². The predicted molar refractivity (Wildman–Crippen MR) is 138 cm³/mol. The molecule has 2 aromatic rings. The quantitative estimate of drug-likeness (QED) is 0.242. The number of amides is 1. The third-order valence-corrected chi connectivity index (χ3v) is 7.49. The molecule has 11 heteroatoms. The number of hydrazone groups is 1. The second-order valence-electron chi connectivity index (χ2n) is 8.91. The average molecular weight is 527 g/mol. The Labute approximate surface area is 216 Å². The lowest BCUT2D eigenvalue weighted by Crippen LogP contribution is -2.38. The van der Waals surface area contributed by atoms with Crippen molar-refractivity contribution in [3.8, 4) is 11.5 Å². The summed E-state index contributed by atoms with van der Waals surface area (Å²) in [5, 5.41) is 8.98. The van der Waals surface area contributed by atoms with Gasteiger partial charge in [-0.25, -0.2) is 5.01 Å². The van der Waals surface area contributed by atoms with E-state index in [1.54, 1.807) is 36.4 Å². The summed E-state index contributed by atoms with van der Waals surface area (Å²) in [6.07, 6.45) is 6.92. The van der Waals surface area contributed by atoms with Crippen molar-refractivity contribution in [1.82, 2.24) is 10.3 Å². The molecular formula is C26H30N4O6S. The second kappa shape index (κ2) is 11.5. The van der Waals surface area contributed by atoms with Crippen LogP contribution in [-0.2, 0) is 19.6 Å². The van der Waals surface area contributed by atoms with Crippen molar-refractivity contribution in [2.45, 2.75) is 56.4 Å². The maximum Gasteiger partial charge on any atom is 0.308 e. The van der Waals surface area contributed by atoms with Crippen LogP contribution in [0.4, 0.5) is 0 Å². The van der Waals surface area contributed by atoms with Crippen molar-refractivity contribution in [2.75, 3.05) is 13.7 Å². The minimum atomic E-state index is -3.88. The summed E-state index contributed by atoms with van der Waals surface area (Å²) < 4.78 is 39.7. The van der Waals surface area contributed by atoms with Gasteiger partial charge in [-0.15, -0.1) is 4.40 Å². The molecule has 0 aromatic heterocycles. The van der Waals surface area contributed by atoms with Crippen LogP contribution in [0.15, 0.2) is 56.9 Å². The van der Waals surface area contributed by atoms with Crippen LogP contribution in [0.3, 0.4) is 0 Å². The molecule has 37 heavy (non-hydrogen) atoms. The molecule has 1 aliphatic carbocycles. The zero-order valence-electron chi connectivity index (χ0n) is 20.8. The zero-order chi connectivity index (χ0) is 26.4. The number of amidine groups is 1. The Balaban J connectivity index is 1.59. The van der Waals surface area contributed by atoms with Gasteiger partial charge >= 0.3 is 5.97 Å². The number of rotatable bonds is 8. The van der Waals surface area contributed by atoms with Crippen LogP contribution in [0.2, 0.25) is 0 Å². The van der Waals surface area contributed by atoms with Gasteiger partial charge in [0.2, 0.25) is 5.91 Å². The maximum absolute atomic E-state index is 12.7. The molecular weight excluding hydrogens is 496 g/mol. The number of ether oxygens (including phenoxy) is 2. The highest BCUT2D eigenvalue weighted by Gasteiger charge is 2.32. The molecule has 1 heterocycles. The summed E-state index contributed by atoms with van der Waals surface area (Å²) in [5.74, 6) is 0.127. The number of benzene rings is 2. The van der Waals surface area contributed by atoms with Gasteiger partial charge in [0, 0.05) is 24.9 Å². The Kier molecular flexibility index (Phi) is 8.22. The third-order valence-electron chi connectivity index (χ3n) is 6.17. The summed E-state index contributed by atoms with van der Waals surface area (Å²) in [6, 6.07) is 11.6. The van der Waals surface area contributed by atoms with Crippen molar-refractivity contribution in [3.05, 3.63) is 53.6 Å². The Morgan fingerprint density at radius 1 is 1.14 bits per heavy atom. The molecule has 2 aromatic carbocycles. The summed E-state index contributed by atoms with van der Waals surface area (Å²) in [5.41, 5.74) is 0.992. The maximum atomic E-state index is 12.7. The number of sulfonamides is 1. The first-order valence-corrected chi connectivity index (χ1v) is 13.6. The van der Waals surface area contributed by atoms with Crippen LogP contribution in [0.25, 0.3) is 0 Å². The molecule has 1 aliphatic heterocycles. The summed E-state index contributed by atoms with van der Waals surface area (Å²) in [4.78, 5) is 24.3. The van der Waals surface area contributed by atoms with Crippen molar-refractivity contribution in [2.24, 2.45) is 9.50 Å². The van der Waals surface area contributed by atoms with Crippen LogP contribution >= 0.6 is 0 Å². The Morgan fingerprint density at radius 3 is 2.62 bits per heavy atom. The number of carbonyl (C=O) groups is 2. The topological polar surface area (TPSA) is 127 Å². The van der Waals surface area contributed by atoms with Crippen molar-refractivity contribution >= 4 is 33.9 Å². The molecule has 196 valence electrons. The Hall–Kier alpha value is -3.73. The standard InChI is InChI=1S/C26H30N4O6S/c1-18(31)36-23-16-19(12-13-22(23)35-2)17-27-30(15-14-25(32)28-20-8-4-3-5-9-20)26-21-10-6-7-11-24(21)37(33,34)29-26/h6-7,10-13,16-17,20H,3-5,8-9,14-15H2,1-2H3,(H,28,32)/b27-17+. The van der Waals surface area contributed by atoms with E-state index in [9.17, 15) is 18.0 Å². The van der Waals surface area contributed by atoms with E-state index in [2.05, 4.69) is 14.8 Å². The van der Waals surface area contributed by atoms with Crippen LogP contribution < -0.4 is 14.8 Å². The summed E-state index contributed by atoms with van der Waals surface area (Å²) in [6.45, 7) is 1.40. The number of esters is 1. The molecule has 1 N–H and O–H groups in total. The minimum absolute atomic E-state index is 0.0958. The number of methoxy groups -OCH3 is 1. The van der Waals surface area contributed by atoms with E-state index in [1.807, 2.05) is 0 Å². The fourth-order valence-electron chi connectivity index (χ4n) is 4.39. The van der Waals surface area contributed by atoms with Crippen LogP contribution in [0.5, 0.6) is 11.5 Å². The van der Waals surface area contributed by atoms with E-state index >= 15 is 0 Å². The lowest BCUT2D eigenvalue weighted by Gasteiger charge is -2.24. The monoisotopic (exact) mass is 526 g/mol. The highest BCUT2D eigenvalue weighted by molar-refractivity contribution is 7.90. The number of nitrogens with zero attached hydrogens (tertiary/aromatic N) is 3. The van der Waals surface area contributed by atoms with Crippen LogP contribution in [-0.4, -0.2) is 57.0 Å². The van der Waals surface area contributed by atoms with E-state index in [1.165, 1.54) is 37.7 Å². The first-order valence-electron chi connectivity index (χ1n) is 12.2. The molecule has 1 fully saturated rings. The lowest BCUT2D eigenvalue weighted by molar-refractivity contribution is -0.132. The number of carbonyl (C=O) groups excluding carboxylic acids is 2. The Morgan fingerprint density at radius 2 is 1.89 bits per heavy atom. The van der Waals surface area contributed by atoms with E-state index in [0.29, 0.717) is 16.9 Å². The SMILES string of the molecule is COc1ccc(/C=N/N(CCC(=O)NC2CCCCC2)C2=NS(=O)(=O)c3ccccc32)cc1OC(C)=O. The number of fused-ring (bicyclic) bond motifs is 1. The Bertz CT molecular complexity index is 1330. The zero-order valence-corrected chi connectivity index (χ0v) is 21.7. The van der Waals surface area contributed by atoms with E-state index in [-0.39, 0.29) is 41.4 Å². The molecule has 0 radical (unpaired) electrons. The third kappa shape index (κ3) is 6.53. The van der Waals surface area contributed by atoms with Gasteiger partial charge in [0.1, 0.15) is 4.90 Å². The largest absolute Gasteiger partial charge is 0.493 e. The van der Waals surface area contributed by atoms with Gasteiger partial charge in [0.25, 0.3) is 10.0 Å². The predicted octanol–water partition coefficient (Wildman–Crippen LogP) is 3.24. The lowest BCUT2D eigenvalue weighted by atomic mass is 9.95. The molecule has 0 saturated heterocycles. The molecule has 1 saturated carbocycles. The molecule has 0 bridgehead atoms. The molecule has 10 nitrogen and oxygen atoms in total. The van der Waals surface area contributed by atoms with Crippen LogP contribution in [0.1, 0.15) is 56.6 Å². The van der Waals surface area contributed by atoms with Gasteiger partial charge in [0.05, 0.1) is 19.9 Å². The molecule has 0 unspecified atom stereocenters. The number of nitrogens with one attached hydrogen (secondary N) is 1. The highest BCUT2D eigenvalue weighted by Crippen LogP contribution is 2.29. The fraction of sp³-hybridized carbons (Fsp3) is 0.385. The van der Waals surface area contributed by atoms with Gasteiger partial charge in [-0.2, -0.15) is 13.5 Å². The van der Waals surface area contributed by atoms with Gasteiger partial charge < -0.3 is 14.8 Å². The summed E-state index contributed by atoms with van der Waals surface area (Å²) in [7, 11) is -2.41. The molecule has 4 rings (SSSR count). The van der Waals surface area contributed by atoms with Gasteiger partial charge in [0.15, 0.2) is 17.3 Å². The molecule has 2 aliphatic rings. The normalized spacial score (nSPS) is 16.6. The van der Waals surface area contributed by atoms with Gasteiger partial charge in [-0.3, -0.25) is 9.59 Å². The first kappa shape index (κ1) is 26.3. The number of hydrogen-bond donors (Lipinski definition) is 1. The highest BCUT2D eigenvalue weighted by atomic mass is 32.2. The average Bonchev–Trinajstić information content (AvgIpc) is 3.15. The first-order chi connectivity index (χ1) is 17.8. The van der Waals surface area contributed by atoms with E-state index in [4.69, 9.17) is 9.47 Å². The summed E-state index contributed by atoms with van der Waals surface area (Å²) >= 11 is 0. The van der Waals surface area contributed by atoms with Crippen molar-refractivity contribution in [3.63, 3.8) is 0 Å². The molecule has 0 atom stereocenters.